The number of urea groups is 1. The van der Waals surface area contributed by atoms with Crippen molar-refractivity contribution in [2.45, 2.75) is 25.8 Å². The van der Waals surface area contributed by atoms with Crippen LogP contribution in [0.5, 0.6) is 0 Å². The maximum atomic E-state index is 12.9. The van der Waals surface area contributed by atoms with E-state index >= 15 is 0 Å². The van der Waals surface area contributed by atoms with Gasteiger partial charge in [0.2, 0.25) is 0 Å². The van der Waals surface area contributed by atoms with Crippen LogP contribution in [0.15, 0.2) is 18.2 Å². The van der Waals surface area contributed by atoms with E-state index in [1.807, 2.05) is 22.6 Å². The van der Waals surface area contributed by atoms with Gasteiger partial charge in [-0.2, -0.15) is 0 Å². The first-order chi connectivity index (χ1) is 8.92. The first-order valence-corrected chi connectivity index (χ1v) is 6.74. The molecule has 5 nitrogen and oxygen atoms in total. The summed E-state index contributed by atoms with van der Waals surface area (Å²) in [5, 5.41) is 13.8. The van der Waals surface area contributed by atoms with Crippen LogP contribution in [0.3, 0.4) is 0 Å². The lowest BCUT2D eigenvalue weighted by Gasteiger charge is -2.16. The van der Waals surface area contributed by atoms with Gasteiger partial charge in [0.05, 0.1) is 12.1 Å². The molecule has 3 N–H and O–H groups in total. The van der Waals surface area contributed by atoms with Gasteiger partial charge in [0.25, 0.3) is 0 Å². The molecule has 0 heterocycles. The van der Waals surface area contributed by atoms with E-state index in [1.165, 1.54) is 18.2 Å². The van der Waals surface area contributed by atoms with Crippen LogP contribution < -0.4 is 10.6 Å². The number of rotatable bonds is 5. The lowest BCUT2D eigenvalue weighted by molar-refractivity contribution is -0.137. The molecule has 104 valence electrons. The normalized spacial score (nSPS) is 11.7. The Balaban J connectivity index is 2.61. The molecule has 1 aromatic carbocycles. The van der Waals surface area contributed by atoms with E-state index < -0.39 is 18.0 Å². The summed E-state index contributed by atoms with van der Waals surface area (Å²) < 4.78 is 13.5. The van der Waals surface area contributed by atoms with Crippen LogP contribution in [0, 0.1) is 9.39 Å². The molecule has 0 radical (unpaired) electrons. The molecule has 1 rings (SSSR count). The zero-order chi connectivity index (χ0) is 14.4. The molecule has 0 aliphatic rings. The summed E-state index contributed by atoms with van der Waals surface area (Å²) in [6.45, 7) is 1.79. The molecular formula is C12H14FIN2O3. The molecule has 19 heavy (non-hydrogen) atoms. The van der Waals surface area contributed by atoms with E-state index in [-0.39, 0.29) is 12.2 Å². The standard InChI is InChI=1S/C12H14FIN2O3/c1-2-8(6-11(17)18)15-12(19)16-10-4-3-7(13)5-9(10)14/h3-5,8H,2,6H2,1H3,(H,17,18)(H2,15,16,19). The van der Waals surface area contributed by atoms with Crippen LogP contribution in [-0.2, 0) is 4.79 Å². The minimum Gasteiger partial charge on any atom is -0.481 e. The topological polar surface area (TPSA) is 78.4 Å². The third-order valence-corrected chi connectivity index (χ3v) is 3.32. The van der Waals surface area contributed by atoms with Crippen molar-refractivity contribution < 1.29 is 19.1 Å². The average molecular weight is 380 g/mol. The molecule has 0 aromatic heterocycles. The van der Waals surface area contributed by atoms with Gasteiger partial charge in [-0.25, -0.2) is 9.18 Å². The molecule has 0 aliphatic heterocycles. The number of carboxylic acids is 1. The Morgan fingerprint density at radius 2 is 2.16 bits per heavy atom. The number of hydrogen-bond acceptors (Lipinski definition) is 2. The zero-order valence-electron chi connectivity index (χ0n) is 10.2. The van der Waals surface area contributed by atoms with Crippen molar-refractivity contribution in [3.8, 4) is 0 Å². The van der Waals surface area contributed by atoms with E-state index in [2.05, 4.69) is 10.6 Å². The molecule has 2 amide bonds. The number of aliphatic carboxylic acids is 1. The molecule has 0 bridgehead atoms. The zero-order valence-corrected chi connectivity index (χ0v) is 12.4. The van der Waals surface area contributed by atoms with Crippen LogP contribution >= 0.6 is 22.6 Å². The van der Waals surface area contributed by atoms with Gasteiger partial charge in [0.15, 0.2) is 0 Å². The number of carboxylic acid groups (broad SMARTS) is 1. The minimum atomic E-state index is -0.969. The molecule has 0 spiro atoms. The number of benzene rings is 1. The van der Waals surface area contributed by atoms with Crippen LogP contribution in [0.4, 0.5) is 14.9 Å². The minimum absolute atomic E-state index is 0.134. The number of hydrogen-bond donors (Lipinski definition) is 3. The molecule has 1 unspecified atom stereocenters. The van der Waals surface area contributed by atoms with E-state index in [0.717, 1.165) is 0 Å². The molecule has 0 saturated carbocycles. The maximum Gasteiger partial charge on any atom is 0.319 e. The molecule has 1 atom stereocenters. The van der Waals surface area contributed by atoms with Gasteiger partial charge in [-0.15, -0.1) is 0 Å². The largest absolute Gasteiger partial charge is 0.481 e. The second-order valence-corrected chi connectivity index (χ2v) is 5.09. The molecule has 0 fully saturated rings. The van der Waals surface area contributed by atoms with Crippen molar-refractivity contribution in [3.63, 3.8) is 0 Å². The number of halogens is 2. The summed E-state index contributed by atoms with van der Waals surface area (Å²) in [6.07, 6.45) is 0.380. The van der Waals surface area contributed by atoms with Crippen LogP contribution in [-0.4, -0.2) is 23.1 Å². The van der Waals surface area contributed by atoms with Crippen molar-refractivity contribution in [2.24, 2.45) is 0 Å². The van der Waals surface area contributed by atoms with Gasteiger partial charge < -0.3 is 15.7 Å². The lowest BCUT2D eigenvalue weighted by atomic mass is 10.1. The summed E-state index contributed by atoms with van der Waals surface area (Å²) in [7, 11) is 0. The van der Waals surface area contributed by atoms with E-state index in [0.29, 0.717) is 15.7 Å². The van der Waals surface area contributed by atoms with Crippen molar-refractivity contribution >= 4 is 40.3 Å². The van der Waals surface area contributed by atoms with Gasteiger partial charge in [0.1, 0.15) is 5.82 Å². The first-order valence-electron chi connectivity index (χ1n) is 5.66. The fraction of sp³-hybridized carbons (Fsp3) is 0.333. The van der Waals surface area contributed by atoms with Crippen molar-refractivity contribution in [1.29, 1.82) is 0 Å². The highest BCUT2D eigenvalue weighted by Gasteiger charge is 2.14. The van der Waals surface area contributed by atoms with Gasteiger partial charge in [-0.1, -0.05) is 6.92 Å². The first kappa shape index (κ1) is 15.7. The van der Waals surface area contributed by atoms with Crippen molar-refractivity contribution in [3.05, 3.63) is 27.6 Å². The van der Waals surface area contributed by atoms with Crippen LogP contribution in [0.25, 0.3) is 0 Å². The van der Waals surface area contributed by atoms with E-state index in [4.69, 9.17) is 5.11 Å². The highest BCUT2D eigenvalue weighted by Crippen LogP contribution is 2.18. The van der Waals surface area contributed by atoms with E-state index in [1.54, 1.807) is 6.92 Å². The SMILES string of the molecule is CCC(CC(=O)O)NC(=O)Nc1ccc(F)cc1I. The lowest BCUT2D eigenvalue weighted by Crippen LogP contribution is -2.39. The smallest absolute Gasteiger partial charge is 0.319 e. The Bertz CT molecular complexity index is 482. The van der Waals surface area contributed by atoms with Gasteiger partial charge in [0, 0.05) is 9.61 Å². The third-order valence-electron chi connectivity index (χ3n) is 2.43. The summed E-state index contributed by atoms with van der Waals surface area (Å²) in [6, 6.07) is 3.06. The number of anilines is 1. The summed E-state index contributed by atoms with van der Waals surface area (Å²) >= 11 is 1.91. The predicted octanol–water partition coefficient (Wildman–Crippen LogP) is 2.81. The second-order valence-electron chi connectivity index (χ2n) is 3.93. The highest BCUT2D eigenvalue weighted by atomic mass is 127. The van der Waals surface area contributed by atoms with Gasteiger partial charge in [-0.3, -0.25) is 4.79 Å². The average Bonchev–Trinajstić information content (AvgIpc) is 2.31. The summed E-state index contributed by atoms with van der Waals surface area (Å²) in [5.41, 5.74) is 0.477. The number of carbonyl (C=O) groups is 2. The van der Waals surface area contributed by atoms with Crippen molar-refractivity contribution in [1.82, 2.24) is 5.32 Å². The fourth-order valence-corrected chi connectivity index (χ4v) is 2.05. The number of amides is 2. The third kappa shape index (κ3) is 5.41. The monoisotopic (exact) mass is 380 g/mol. The molecular weight excluding hydrogens is 366 g/mol. The highest BCUT2D eigenvalue weighted by molar-refractivity contribution is 14.1. The number of carbonyl (C=O) groups excluding carboxylic acids is 1. The Morgan fingerprint density at radius 3 is 2.68 bits per heavy atom. The van der Waals surface area contributed by atoms with Crippen LogP contribution in [0.1, 0.15) is 19.8 Å². The fourth-order valence-electron chi connectivity index (χ4n) is 1.44. The van der Waals surface area contributed by atoms with E-state index in [9.17, 15) is 14.0 Å². The van der Waals surface area contributed by atoms with Gasteiger partial charge in [-0.05, 0) is 47.2 Å². The summed E-state index contributed by atoms with van der Waals surface area (Å²) in [4.78, 5) is 22.3. The maximum absolute atomic E-state index is 12.9. The predicted molar refractivity (Wildman–Crippen MR) is 77.6 cm³/mol. The quantitative estimate of drug-likeness (QED) is 0.688. The van der Waals surface area contributed by atoms with Crippen LogP contribution in [0.2, 0.25) is 0 Å². The Morgan fingerprint density at radius 1 is 1.47 bits per heavy atom. The molecule has 0 aliphatic carbocycles. The second kappa shape index (κ2) is 7.27. The Labute approximate surface area is 123 Å². The van der Waals surface area contributed by atoms with Crippen molar-refractivity contribution in [2.75, 3.05) is 5.32 Å². The molecule has 0 saturated heterocycles. The number of nitrogens with one attached hydrogen (secondary N) is 2. The Hall–Kier alpha value is -1.38. The molecule has 1 aromatic rings. The molecule has 7 heteroatoms. The Kier molecular flexibility index (Phi) is 6.00. The van der Waals surface area contributed by atoms with Gasteiger partial charge >= 0.3 is 12.0 Å². The summed E-state index contributed by atoms with van der Waals surface area (Å²) in [5.74, 6) is -1.35.